The highest BCUT2D eigenvalue weighted by molar-refractivity contribution is 9.10. The molecule has 1 aromatic rings. The van der Waals surface area contributed by atoms with Crippen LogP contribution in [0, 0.1) is 5.82 Å². The summed E-state index contributed by atoms with van der Waals surface area (Å²) in [7, 11) is 0. The Morgan fingerprint density at radius 1 is 1.33 bits per heavy atom. The summed E-state index contributed by atoms with van der Waals surface area (Å²) in [6.45, 7) is 0. The number of urea groups is 1. The molecule has 3 amide bonds. The number of carbonyl (C=O) groups is 2. The molecule has 2 rings (SSSR count). The molecule has 6 heteroatoms. The van der Waals surface area contributed by atoms with Gasteiger partial charge in [-0.3, -0.25) is 10.1 Å². The zero-order chi connectivity index (χ0) is 11.0. The van der Waals surface area contributed by atoms with Crippen molar-refractivity contribution >= 4 is 27.9 Å². The third kappa shape index (κ3) is 1.85. The summed E-state index contributed by atoms with van der Waals surface area (Å²) >= 11 is 3.19. The fraction of sp³-hybridized carbons (Fsp3) is 0.111. The summed E-state index contributed by atoms with van der Waals surface area (Å²) < 4.78 is 13.5. The van der Waals surface area contributed by atoms with Crippen molar-refractivity contribution < 1.29 is 14.0 Å². The fourth-order valence-corrected chi connectivity index (χ4v) is 1.85. The van der Waals surface area contributed by atoms with Crippen LogP contribution in [0.1, 0.15) is 11.6 Å². The van der Waals surface area contributed by atoms with Crippen LogP contribution in [0.5, 0.6) is 0 Å². The van der Waals surface area contributed by atoms with Crippen LogP contribution in [0.3, 0.4) is 0 Å². The maximum atomic E-state index is 13.0. The molecule has 1 saturated heterocycles. The first kappa shape index (κ1) is 10.1. The molecule has 15 heavy (non-hydrogen) atoms. The lowest BCUT2D eigenvalue weighted by Gasteiger charge is -2.09. The molecule has 1 aromatic carbocycles. The second-order valence-corrected chi connectivity index (χ2v) is 3.92. The van der Waals surface area contributed by atoms with Gasteiger partial charge in [0.2, 0.25) is 0 Å². The highest BCUT2D eigenvalue weighted by atomic mass is 79.9. The molecule has 1 unspecified atom stereocenters. The van der Waals surface area contributed by atoms with Gasteiger partial charge in [0.05, 0.1) is 0 Å². The lowest BCUT2D eigenvalue weighted by atomic mass is 10.1. The molecule has 0 radical (unpaired) electrons. The van der Waals surface area contributed by atoms with E-state index in [-0.39, 0.29) is 0 Å². The van der Waals surface area contributed by atoms with Gasteiger partial charge in [-0.2, -0.15) is 0 Å². The second-order valence-electron chi connectivity index (χ2n) is 3.06. The summed E-state index contributed by atoms with van der Waals surface area (Å²) in [6.07, 6.45) is 0. The van der Waals surface area contributed by atoms with Gasteiger partial charge in [0.1, 0.15) is 11.9 Å². The van der Waals surface area contributed by atoms with Crippen molar-refractivity contribution in [2.24, 2.45) is 0 Å². The molecule has 2 N–H and O–H groups in total. The number of halogens is 2. The van der Waals surface area contributed by atoms with Crippen molar-refractivity contribution in [3.8, 4) is 0 Å². The van der Waals surface area contributed by atoms with Crippen molar-refractivity contribution in [2.45, 2.75) is 6.04 Å². The van der Waals surface area contributed by atoms with E-state index in [0.717, 1.165) is 0 Å². The van der Waals surface area contributed by atoms with Gasteiger partial charge in [-0.15, -0.1) is 0 Å². The number of imide groups is 1. The molecule has 1 fully saturated rings. The maximum absolute atomic E-state index is 13.0. The van der Waals surface area contributed by atoms with E-state index in [1.807, 2.05) is 0 Å². The van der Waals surface area contributed by atoms with Crippen molar-refractivity contribution in [2.75, 3.05) is 0 Å². The first-order valence-corrected chi connectivity index (χ1v) is 4.93. The van der Waals surface area contributed by atoms with E-state index in [1.165, 1.54) is 18.2 Å². The molecule has 1 aliphatic heterocycles. The van der Waals surface area contributed by atoms with E-state index in [0.29, 0.717) is 10.0 Å². The van der Waals surface area contributed by atoms with Gasteiger partial charge in [0.25, 0.3) is 5.91 Å². The van der Waals surface area contributed by atoms with Gasteiger partial charge in [-0.25, -0.2) is 9.18 Å². The van der Waals surface area contributed by atoms with Crippen LogP contribution in [0.2, 0.25) is 0 Å². The number of amides is 3. The highest BCUT2D eigenvalue weighted by Gasteiger charge is 2.32. The SMILES string of the molecule is O=C1NC(=O)C(c2cc(F)ccc2Br)N1. The average molecular weight is 273 g/mol. The summed E-state index contributed by atoms with van der Waals surface area (Å²) in [5.74, 6) is -0.937. The number of benzene rings is 1. The van der Waals surface area contributed by atoms with Crippen molar-refractivity contribution in [3.63, 3.8) is 0 Å². The molecule has 1 aliphatic rings. The van der Waals surface area contributed by atoms with E-state index in [4.69, 9.17) is 0 Å². The van der Waals surface area contributed by atoms with E-state index in [2.05, 4.69) is 26.6 Å². The van der Waals surface area contributed by atoms with Crippen LogP contribution >= 0.6 is 15.9 Å². The Hall–Kier alpha value is -1.43. The van der Waals surface area contributed by atoms with E-state index < -0.39 is 23.8 Å². The topological polar surface area (TPSA) is 58.2 Å². The van der Waals surface area contributed by atoms with Gasteiger partial charge in [0, 0.05) is 10.0 Å². The van der Waals surface area contributed by atoms with Gasteiger partial charge >= 0.3 is 6.03 Å². The van der Waals surface area contributed by atoms with Crippen LogP contribution in [-0.2, 0) is 4.79 Å². The first-order chi connectivity index (χ1) is 7.08. The van der Waals surface area contributed by atoms with E-state index in [1.54, 1.807) is 0 Å². The minimum Gasteiger partial charge on any atom is -0.322 e. The third-order valence-electron chi connectivity index (χ3n) is 2.04. The van der Waals surface area contributed by atoms with Crippen LogP contribution in [0.4, 0.5) is 9.18 Å². The predicted octanol–water partition coefficient (Wildman–Crippen LogP) is 1.47. The number of rotatable bonds is 1. The van der Waals surface area contributed by atoms with Crippen LogP contribution < -0.4 is 10.6 Å². The zero-order valence-electron chi connectivity index (χ0n) is 7.38. The van der Waals surface area contributed by atoms with E-state index >= 15 is 0 Å². The van der Waals surface area contributed by atoms with Crippen molar-refractivity contribution in [1.29, 1.82) is 0 Å². The van der Waals surface area contributed by atoms with Crippen LogP contribution in [0.15, 0.2) is 22.7 Å². The molecule has 0 aromatic heterocycles. The molecule has 0 spiro atoms. The van der Waals surface area contributed by atoms with Gasteiger partial charge in [-0.1, -0.05) is 15.9 Å². The third-order valence-corrected chi connectivity index (χ3v) is 2.77. The smallest absolute Gasteiger partial charge is 0.322 e. The number of hydrogen-bond acceptors (Lipinski definition) is 2. The molecule has 4 nitrogen and oxygen atoms in total. The molecule has 0 saturated carbocycles. The van der Waals surface area contributed by atoms with Crippen LogP contribution in [0.25, 0.3) is 0 Å². The molecule has 0 aliphatic carbocycles. The summed E-state index contributed by atoms with van der Waals surface area (Å²) in [5, 5.41) is 4.47. The number of hydrogen-bond donors (Lipinski definition) is 2. The quantitative estimate of drug-likeness (QED) is 0.761. The molecule has 1 heterocycles. The van der Waals surface area contributed by atoms with Crippen molar-refractivity contribution in [1.82, 2.24) is 10.6 Å². The maximum Gasteiger partial charge on any atom is 0.322 e. The lowest BCUT2D eigenvalue weighted by Crippen LogP contribution is -2.22. The monoisotopic (exact) mass is 272 g/mol. The fourth-order valence-electron chi connectivity index (χ4n) is 1.37. The van der Waals surface area contributed by atoms with Crippen molar-refractivity contribution in [3.05, 3.63) is 34.1 Å². The Labute approximate surface area is 93.0 Å². The lowest BCUT2D eigenvalue weighted by molar-refractivity contribution is -0.120. The summed E-state index contributed by atoms with van der Waals surface area (Å²) in [4.78, 5) is 22.2. The van der Waals surface area contributed by atoms with E-state index in [9.17, 15) is 14.0 Å². The largest absolute Gasteiger partial charge is 0.322 e. The Morgan fingerprint density at radius 3 is 2.67 bits per heavy atom. The molecular formula is C9H6BrFN2O2. The zero-order valence-corrected chi connectivity index (χ0v) is 8.97. The summed E-state index contributed by atoms with van der Waals surface area (Å²) in [6, 6.07) is 2.56. The number of carbonyl (C=O) groups excluding carboxylic acids is 2. The molecule has 1 atom stereocenters. The Morgan fingerprint density at radius 2 is 2.07 bits per heavy atom. The Kier molecular flexibility index (Phi) is 2.44. The second kappa shape index (κ2) is 3.62. The summed E-state index contributed by atoms with van der Waals surface area (Å²) in [5.41, 5.74) is 0.401. The average Bonchev–Trinajstić information content (AvgIpc) is 2.50. The minimum absolute atomic E-state index is 0.401. The molecule has 78 valence electrons. The predicted molar refractivity (Wildman–Crippen MR) is 53.5 cm³/mol. The first-order valence-electron chi connectivity index (χ1n) is 4.14. The number of nitrogens with one attached hydrogen (secondary N) is 2. The van der Waals surface area contributed by atoms with Gasteiger partial charge in [-0.05, 0) is 18.2 Å². The van der Waals surface area contributed by atoms with Gasteiger partial charge < -0.3 is 5.32 Å². The van der Waals surface area contributed by atoms with Gasteiger partial charge in [0.15, 0.2) is 0 Å². The van der Waals surface area contributed by atoms with Crippen LogP contribution in [-0.4, -0.2) is 11.9 Å². The highest BCUT2D eigenvalue weighted by Crippen LogP contribution is 2.26. The molecule has 0 bridgehead atoms. The Balaban J connectivity index is 2.41. The normalized spacial score (nSPS) is 20.0. The standard InChI is InChI=1S/C9H6BrFN2O2/c10-6-2-1-4(11)3-5(6)7-8(14)13-9(15)12-7/h1-3,7H,(H2,12,13,14,15). The Bertz CT molecular complexity index is 450. The molecular weight excluding hydrogens is 267 g/mol. The minimum atomic E-state index is -0.831.